The standard InChI is InChI=1S/C14H17ClN2O2/c1-9-3-5-12(15)11-4-6-13(17-14(9)11)16-7-10(18)8-19-2/h3-6,10,18H,7-8H2,1-2H3,(H,16,17)/t10-/m0/s1. The molecule has 0 amide bonds. The summed E-state index contributed by atoms with van der Waals surface area (Å²) in [6.07, 6.45) is -0.553. The maximum absolute atomic E-state index is 9.59. The molecule has 0 aliphatic rings. The fraction of sp³-hybridized carbons (Fsp3) is 0.357. The van der Waals surface area contributed by atoms with Crippen LogP contribution >= 0.6 is 11.6 Å². The quantitative estimate of drug-likeness (QED) is 0.884. The molecule has 0 aliphatic carbocycles. The Morgan fingerprint density at radius 2 is 2.16 bits per heavy atom. The monoisotopic (exact) mass is 280 g/mol. The van der Waals surface area contributed by atoms with E-state index in [1.54, 1.807) is 7.11 Å². The second kappa shape index (κ2) is 6.19. The predicted octanol–water partition coefficient (Wildman–Crippen LogP) is 2.62. The van der Waals surface area contributed by atoms with Crippen LogP contribution in [0, 0.1) is 6.92 Å². The summed E-state index contributed by atoms with van der Waals surface area (Å²) < 4.78 is 4.87. The van der Waals surface area contributed by atoms with Gasteiger partial charge in [-0.05, 0) is 30.7 Å². The van der Waals surface area contributed by atoms with E-state index in [2.05, 4.69) is 10.3 Å². The highest BCUT2D eigenvalue weighted by Crippen LogP contribution is 2.26. The largest absolute Gasteiger partial charge is 0.389 e. The molecule has 5 heteroatoms. The number of nitrogens with zero attached hydrogens (tertiary/aromatic N) is 1. The zero-order valence-electron chi connectivity index (χ0n) is 11.0. The van der Waals surface area contributed by atoms with Gasteiger partial charge in [0.2, 0.25) is 0 Å². The van der Waals surface area contributed by atoms with Crippen molar-refractivity contribution in [1.29, 1.82) is 0 Å². The number of aliphatic hydroxyl groups excluding tert-OH is 1. The average molecular weight is 281 g/mol. The molecule has 0 spiro atoms. The van der Waals surface area contributed by atoms with E-state index >= 15 is 0 Å². The topological polar surface area (TPSA) is 54.4 Å². The number of aliphatic hydroxyl groups is 1. The molecule has 2 N–H and O–H groups in total. The second-order valence-electron chi connectivity index (χ2n) is 4.45. The Morgan fingerprint density at radius 1 is 1.37 bits per heavy atom. The van der Waals surface area contributed by atoms with Crippen molar-refractivity contribution < 1.29 is 9.84 Å². The summed E-state index contributed by atoms with van der Waals surface area (Å²) in [5, 5.41) is 14.3. The molecule has 0 radical (unpaired) electrons. The molecule has 0 fully saturated rings. The zero-order chi connectivity index (χ0) is 13.8. The Morgan fingerprint density at radius 3 is 2.89 bits per heavy atom. The van der Waals surface area contributed by atoms with E-state index in [4.69, 9.17) is 16.3 Å². The van der Waals surface area contributed by atoms with E-state index < -0.39 is 6.10 Å². The second-order valence-corrected chi connectivity index (χ2v) is 4.85. The number of hydrogen-bond acceptors (Lipinski definition) is 4. The van der Waals surface area contributed by atoms with Gasteiger partial charge >= 0.3 is 0 Å². The van der Waals surface area contributed by atoms with Crippen molar-refractivity contribution in [2.75, 3.05) is 25.6 Å². The van der Waals surface area contributed by atoms with Crippen molar-refractivity contribution in [3.05, 3.63) is 34.9 Å². The van der Waals surface area contributed by atoms with Crippen molar-refractivity contribution in [3.8, 4) is 0 Å². The molecule has 0 unspecified atom stereocenters. The molecule has 2 rings (SSSR count). The van der Waals surface area contributed by atoms with Gasteiger partial charge in [-0.1, -0.05) is 17.7 Å². The molecule has 0 bridgehead atoms. The molecule has 102 valence electrons. The normalized spacial score (nSPS) is 12.6. The fourth-order valence-corrected chi connectivity index (χ4v) is 2.11. The lowest BCUT2D eigenvalue weighted by molar-refractivity contribution is 0.0727. The summed E-state index contributed by atoms with van der Waals surface area (Å²) in [5.41, 5.74) is 1.94. The Bertz CT molecular complexity index is 575. The number of rotatable bonds is 5. The first-order chi connectivity index (χ1) is 9.11. The van der Waals surface area contributed by atoms with E-state index in [1.807, 2.05) is 31.2 Å². The summed E-state index contributed by atoms with van der Waals surface area (Å²) in [5.74, 6) is 0.716. The van der Waals surface area contributed by atoms with Crippen LogP contribution in [0.2, 0.25) is 5.02 Å². The van der Waals surface area contributed by atoms with Crippen LogP contribution in [0.4, 0.5) is 5.82 Å². The highest BCUT2D eigenvalue weighted by atomic mass is 35.5. The number of benzene rings is 1. The molecule has 4 nitrogen and oxygen atoms in total. The summed E-state index contributed by atoms with van der Waals surface area (Å²) in [6, 6.07) is 7.60. The number of methoxy groups -OCH3 is 1. The van der Waals surface area contributed by atoms with Gasteiger partial charge in [-0.2, -0.15) is 0 Å². The maximum atomic E-state index is 9.59. The van der Waals surface area contributed by atoms with Crippen LogP contribution in [0.5, 0.6) is 0 Å². The Kier molecular flexibility index (Phi) is 4.58. The van der Waals surface area contributed by atoms with E-state index in [-0.39, 0.29) is 0 Å². The lowest BCUT2D eigenvalue weighted by Crippen LogP contribution is -2.24. The van der Waals surface area contributed by atoms with Gasteiger partial charge in [0.25, 0.3) is 0 Å². The van der Waals surface area contributed by atoms with Gasteiger partial charge in [0, 0.05) is 24.1 Å². The lowest BCUT2D eigenvalue weighted by Gasteiger charge is -2.12. The number of hydrogen-bond donors (Lipinski definition) is 2. The molecule has 0 saturated heterocycles. The number of aryl methyl sites for hydroxylation is 1. The third-order valence-corrected chi connectivity index (χ3v) is 3.21. The van der Waals surface area contributed by atoms with Crippen molar-refractivity contribution in [1.82, 2.24) is 4.98 Å². The minimum Gasteiger partial charge on any atom is -0.389 e. The van der Waals surface area contributed by atoms with Gasteiger partial charge in [0.15, 0.2) is 0 Å². The number of nitrogens with one attached hydrogen (secondary N) is 1. The van der Waals surface area contributed by atoms with Gasteiger partial charge in [-0.25, -0.2) is 4.98 Å². The first-order valence-electron chi connectivity index (χ1n) is 6.08. The number of halogens is 1. The fourth-order valence-electron chi connectivity index (χ4n) is 1.89. The van der Waals surface area contributed by atoms with E-state index in [0.29, 0.717) is 24.0 Å². The average Bonchev–Trinajstić information content (AvgIpc) is 2.41. The molecule has 19 heavy (non-hydrogen) atoms. The lowest BCUT2D eigenvalue weighted by atomic mass is 10.1. The highest BCUT2D eigenvalue weighted by molar-refractivity contribution is 6.35. The number of pyridine rings is 1. The van der Waals surface area contributed by atoms with Crippen LogP contribution in [0.15, 0.2) is 24.3 Å². The van der Waals surface area contributed by atoms with Crippen LogP contribution < -0.4 is 5.32 Å². The molecule has 1 heterocycles. The molecule has 1 aromatic heterocycles. The van der Waals surface area contributed by atoms with Gasteiger partial charge in [-0.3, -0.25) is 0 Å². The van der Waals surface area contributed by atoms with E-state index in [0.717, 1.165) is 16.5 Å². The van der Waals surface area contributed by atoms with Crippen LogP contribution in [-0.4, -0.2) is 36.5 Å². The molecule has 0 aliphatic heterocycles. The van der Waals surface area contributed by atoms with E-state index in [9.17, 15) is 5.11 Å². The Balaban J connectivity index is 2.20. The third-order valence-electron chi connectivity index (χ3n) is 2.88. The molecule has 2 aromatic rings. The SMILES string of the molecule is COC[C@@H](O)CNc1ccc2c(Cl)ccc(C)c2n1. The summed E-state index contributed by atoms with van der Waals surface area (Å²) >= 11 is 6.13. The van der Waals surface area contributed by atoms with Crippen molar-refractivity contribution in [3.63, 3.8) is 0 Å². The molecule has 1 atom stereocenters. The van der Waals surface area contributed by atoms with E-state index in [1.165, 1.54) is 0 Å². The minimum absolute atomic E-state index is 0.297. The minimum atomic E-state index is -0.553. The molecule has 1 aromatic carbocycles. The van der Waals surface area contributed by atoms with Crippen LogP contribution in [0.3, 0.4) is 0 Å². The molecule has 0 saturated carbocycles. The van der Waals surface area contributed by atoms with Gasteiger partial charge in [0.1, 0.15) is 5.82 Å². The van der Waals surface area contributed by atoms with Gasteiger partial charge in [-0.15, -0.1) is 0 Å². The van der Waals surface area contributed by atoms with Crippen molar-refractivity contribution in [2.45, 2.75) is 13.0 Å². The first kappa shape index (κ1) is 14.1. The number of anilines is 1. The van der Waals surface area contributed by atoms with Gasteiger partial charge < -0.3 is 15.2 Å². The van der Waals surface area contributed by atoms with Crippen LogP contribution in [-0.2, 0) is 4.74 Å². The summed E-state index contributed by atoms with van der Waals surface area (Å²) in [4.78, 5) is 4.52. The zero-order valence-corrected chi connectivity index (χ0v) is 11.7. The van der Waals surface area contributed by atoms with Crippen LogP contribution in [0.25, 0.3) is 10.9 Å². The summed E-state index contributed by atoms with van der Waals surface area (Å²) in [7, 11) is 1.56. The van der Waals surface area contributed by atoms with Gasteiger partial charge in [0.05, 0.1) is 18.2 Å². The number of aromatic nitrogens is 1. The first-order valence-corrected chi connectivity index (χ1v) is 6.46. The molecular weight excluding hydrogens is 264 g/mol. The maximum Gasteiger partial charge on any atom is 0.126 e. The smallest absolute Gasteiger partial charge is 0.126 e. The summed E-state index contributed by atoms with van der Waals surface area (Å²) in [6.45, 7) is 2.69. The third kappa shape index (κ3) is 3.35. The van der Waals surface area contributed by atoms with Crippen molar-refractivity contribution >= 4 is 28.3 Å². The molecular formula is C14H17ClN2O2. The number of ether oxygens (including phenoxy) is 1. The van der Waals surface area contributed by atoms with Crippen LogP contribution in [0.1, 0.15) is 5.56 Å². The number of fused-ring (bicyclic) bond motifs is 1. The predicted molar refractivity (Wildman–Crippen MR) is 77.9 cm³/mol. The Labute approximate surface area is 117 Å². The highest BCUT2D eigenvalue weighted by Gasteiger charge is 2.07. The Hall–Kier alpha value is -1.36. The van der Waals surface area contributed by atoms with Crippen molar-refractivity contribution in [2.24, 2.45) is 0 Å².